The lowest BCUT2D eigenvalue weighted by atomic mass is 9.46. The molecule has 248 valence electrons. The molecular formula is C35H54O9. The molecule has 8 unspecified atom stereocenters. The molecule has 0 aromatic heterocycles. The van der Waals surface area contributed by atoms with Crippen molar-refractivity contribution in [2.24, 2.45) is 45.3 Å². The summed E-state index contributed by atoms with van der Waals surface area (Å²) in [6.45, 7) is 11.8. The van der Waals surface area contributed by atoms with Gasteiger partial charge in [0.1, 0.15) is 12.2 Å². The Morgan fingerprint density at radius 3 is 2.39 bits per heavy atom. The lowest BCUT2D eigenvalue weighted by Crippen LogP contribution is -2.56. The Morgan fingerprint density at radius 1 is 0.977 bits per heavy atom. The number of carbonyl (C=O) groups excluding carboxylic acids is 2. The second-order valence-electron chi connectivity index (χ2n) is 17.2. The molecule has 0 radical (unpaired) electrons. The average Bonchev–Trinajstić information content (AvgIpc) is 3.55. The van der Waals surface area contributed by atoms with Gasteiger partial charge in [-0.3, -0.25) is 9.59 Å². The van der Waals surface area contributed by atoms with Gasteiger partial charge in [-0.15, -0.1) is 0 Å². The van der Waals surface area contributed by atoms with Crippen LogP contribution in [0.1, 0.15) is 106 Å². The van der Waals surface area contributed by atoms with Crippen LogP contribution in [0.25, 0.3) is 0 Å². The van der Waals surface area contributed by atoms with Crippen molar-refractivity contribution in [2.75, 3.05) is 6.61 Å². The topological polar surface area (TPSA) is 132 Å². The van der Waals surface area contributed by atoms with Crippen molar-refractivity contribution in [1.29, 1.82) is 0 Å². The molecule has 44 heavy (non-hydrogen) atoms. The summed E-state index contributed by atoms with van der Waals surface area (Å²) in [6.07, 6.45) is 5.40. The van der Waals surface area contributed by atoms with Gasteiger partial charge in [-0.1, -0.05) is 20.8 Å². The van der Waals surface area contributed by atoms with Crippen molar-refractivity contribution >= 4 is 11.8 Å². The highest BCUT2D eigenvalue weighted by atomic mass is 16.7. The van der Waals surface area contributed by atoms with Crippen molar-refractivity contribution in [2.45, 2.75) is 154 Å². The van der Waals surface area contributed by atoms with Crippen molar-refractivity contribution in [3.63, 3.8) is 0 Å². The zero-order valence-electron chi connectivity index (χ0n) is 27.4. The van der Waals surface area contributed by atoms with Crippen LogP contribution in [0.3, 0.4) is 0 Å². The second-order valence-corrected chi connectivity index (χ2v) is 17.2. The molecule has 7 rings (SSSR count). The van der Waals surface area contributed by atoms with E-state index in [1.54, 1.807) is 13.8 Å². The summed E-state index contributed by atoms with van der Waals surface area (Å²) in [4.78, 5) is 26.4. The Labute approximate surface area is 261 Å². The first kappa shape index (κ1) is 31.5. The average molecular weight is 619 g/mol. The van der Waals surface area contributed by atoms with Crippen LogP contribution in [-0.4, -0.2) is 82.2 Å². The molecule has 9 nitrogen and oxygen atoms in total. The van der Waals surface area contributed by atoms with Crippen molar-refractivity contribution in [1.82, 2.24) is 0 Å². The fraction of sp³-hybridized carbons (Fsp3) is 0.943. The molecule has 0 bridgehead atoms. The summed E-state index contributed by atoms with van der Waals surface area (Å²) in [7, 11) is 0. The number of aliphatic hydroxyl groups excluding tert-OH is 2. The van der Waals surface area contributed by atoms with Crippen LogP contribution in [0, 0.1) is 45.3 Å². The number of Topliss-reactive ketones (excluding diaryl/α,β-unsaturated/α-hetero) is 1. The van der Waals surface area contributed by atoms with Crippen LogP contribution < -0.4 is 0 Å². The van der Waals surface area contributed by atoms with Crippen LogP contribution in [0.4, 0.5) is 0 Å². The van der Waals surface area contributed by atoms with Crippen LogP contribution in [0.15, 0.2) is 0 Å². The summed E-state index contributed by atoms with van der Waals surface area (Å²) in [5, 5.41) is 30.9. The zero-order chi connectivity index (χ0) is 31.6. The molecule has 2 spiro atoms. The standard InChI is InChI=1S/C35H54O9/c1-18(36)42-30(32(4,5)40)23-9-7-20-29(43-23)28(39)27-19-8-10-24-31(2,3)25(44-26-15-21(37)22(38)16-41-26)11-12-35(24)17-34(19,35)14-13-33(20,27)6/h19-27,29-30,37-38,40H,7-17H2,1-6H3/t19?,20?,21-,22?,23?,24?,25+,26?,27?,29?,30+,33-,34+,35-/m1/s1. The fourth-order valence-corrected chi connectivity index (χ4v) is 12.3. The molecule has 0 aromatic rings. The predicted octanol–water partition coefficient (Wildman–Crippen LogP) is 3.93. The van der Waals surface area contributed by atoms with Crippen LogP contribution >= 0.6 is 0 Å². The van der Waals surface area contributed by atoms with Crippen molar-refractivity contribution < 1.29 is 43.9 Å². The van der Waals surface area contributed by atoms with Gasteiger partial charge in [-0.25, -0.2) is 0 Å². The number of ketones is 1. The summed E-state index contributed by atoms with van der Waals surface area (Å²) in [5.41, 5.74) is -0.999. The van der Waals surface area contributed by atoms with E-state index in [9.17, 15) is 24.9 Å². The molecule has 2 saturated heterocycles. The molecule has 5 aliphatic carbocycles. The molecule has 14 atom stereocenters. The second kappa shape index (κ2) is 10.2. The molecular weight excluding hydrogens is 564 g/mol. The molecule has 7 fully saturated rings. The van der Waals surface area contributed by atoms with Crippen molar-refractivity contribution in [3.8, 4) is 0 Å². The molecule has 0 aromatic carbocycles. The zero-order valence-corrected chi connectivity index (χ0v) is 27.4. The summed E-state index contributed by atoms with van der Waals surface area (Å²) < 4.78 is 24.5. The maximum Gasteiger partial charge on any atom is 0.303 e. The summed E-state index contributed by atoms with van der Waals surface area (Å²) in [5.74, 6) is 0.804. The van der Waals surface area contributed by atoms with Gasteiger partial charge in [-0.2, -0.15) is 0 Å². The van der Waals surface area contributed by atoms with Gasteiger partial charge >= 0.3 is 5.97 Å². The lowest BCUT2D eigenvalue weighted by Gasteiger charge is -2.59. The number of carbonyl (C=O) groups is 2. The quantitative estimate of drug-likeness (QED) is 0.310. The van der Waals surface area contributed by atoms with Crippen molar-refractivity contribution in [3.05, 3.63) is 0 Å². The van der Waals surface area contributed by atoms with Crippen LogP contribution in [0.5, 0.6) is 0 Å². The maximum absolute atomic E-state index is 14.5. The van der Waals surface area contributed by atoms with E-state index in [4.69, 9.17) is 18.9 Å². The van der Waals surface area contributed by atoms with E-state index in [1.165, 1.54) is 13.3 Å². The van der Waals surface area contributed by atoms with E-state index in [0.29, 0.717) is 24.7 Å². The van der Waals surface area contributed by atoms with Gasteiger partial charge in [0, 0.05) is 19.3 Å². The fourth-order valence-electron chi connectivity index (χ4n) is 12.3. The number of hydrogen-bond donors (Lipinski definition) is 3. The van der Waals surface area contributed by atoms with E-state index in [1.807, 2.05) is 0 Å². The third-order valence-electron chi connectivity index (χ3n) is 14.3. The normalized spacial score (nSPS) is 51.6. The third-order valence-corrected chi connectivity index (χ3v) is 14.3. The van der Waals surface area contributed by atoms with Gasteiger partial charge in [0.2, 0.25) is 0 Å². The minimum atomic E-state index is -1.27. The molecule has 9 heteroatoms. The number of rotatable bonds is 5. The monoisotopic (exact) mass is 618 g/mol. The minimum Gasteiger partial charge on any atom is -0.457 e. The van der Waals surface area contributed by atoms with Crippen LogP contribution in [-0.2, 0) is 28.5 Å². The van der Waals surface area contributed by atoms with Gasteiger partial charge in [0.15, 0.2) is 18.2 Å². The molecule has 2 aliphatic heterocycles. The van der Waals surface area contributed by atoms with E-state index < -0.39 is 48.4 Å². The Balaban J connectivity index is 1.10. The number of hydrogen-bond acceptors (Lipinski definition) is 9. The predicted molar refractivity (Wildman–Crippen MR) is 159 cm³/mol. The lowest BCUT2D eigenvalue weighted by molar-refractivity contribution is -0.263. The molecule has 2 heterocycles. The Kier molecular flexibility index (Phi) is 7.30. The first-order chi connectivity index (χ1) is 20.5. The van der Waals surface area contributed by atoms with Gasteiger partial charge in [0.25, 0.3) is 0 Å². The van der Waals surface area contributed by atoms with E-state index in [0.717, 1.165) is 44.9 Å². The summed E-state index contributed by atoms with van der Waals surface area (Å²) in [6, 6.07) is 0. The molecule has 0 amide bonds. The van der Waals surface area contributed by atoms with E-state index in [-0.39, 0.29) is 52.0 Å². The van der Waals surface area contributed by atoms with Crippen LogP contribution in [0.2, 0.25) is 0 Å². The number of aliphatic hydroxyl groups is 3. The largest absolute Gasteiger partial charge is 0.457 e. The number of fused-ring (bicyclic) bond motifs is 4. The Hall–Kier alpha value is -1.10. The highest BCUT2D eigenvalue weighted by Crippen LogP contribution is 2.87. The van der Waals surface area contributed by atoms with Gasteiger partial charge in [-0.05, 0) is 111 Å². The highest BCUT2D eigenvalue weighted by Gasteiger charge is 2.82. The molecule has 5 saturated carbocycles. The third kappa shape index (κ3) is 4.38. The molecule has 3 N–H and O–H groups in total. The smallest absolute Gasteiger partial charge is 0.303 e. The SMILES string of the molecule is CC(=O)O[C@@H](C1CCC2C(O1)C(=O)C1C3CCC4C(C)(C)[C@@H](OC5C[C@@H](O)C(O)CO5)CC[C@@]45C[C@@]35CC[C@]21C)C(C)(C)O. The minimum absolute atomic E-state index is 0.0136. The summed E-state index contributed by atoms with van der Waals surface area (Å²) >= 11 is 0. The number of ether oxygens (including phenoxy) is 4. The Morgan fingerprint density at radius 2 is 1.70 bits per heavy atom. The van der Waals surface area contributed by atoms with E-state index >= 15 is 0 Å². The maximum atomic E-state index is 14.5. The van der Waals surface area contributed by atoms with Gasteiger partial charge < -0.3 is 34.3 Å². The first-order valence-electron chi connectivity index (χ1n) is 17.3. The number of esters is 1. The highest BCUT2D eigenvalue weighted by molar-refractivity contribution is 5.90. The first-order valence-corrected chi connectivity index (χ1v) is 17.3. The molecule has 7 aliphatic rings. The van der Waals surface area contributed by atoms with Gasteiger partial charge in [0.05, 0.1) is 30.5 Å². The Bertz CT molecular complexity index is 1180. The van der Waals surface area contributed by atoms with E-state index in [2.05, 4.69) is 20.8 Å².